The molecule has 0 saturated carbocycles. The maximum atomic E-state index is 12.6. The van der Waals surface area contributed by atoms with Crippen LogP contribution < -0.4 is 19.7 Å². The summed E-state index contributed by atoms with van der Waals surface area (Å²) in [5.74, 6) is -2.65. The minimum absolute atomic E-state index is 0.161. The Morgan fingerprint density at radius 2 is 1.33 bits per heavy atom. The zero-order valence-corrected chi connectivity index (χ0v) is 18.3. The van der Waals surface area contributed by atoms with Gasteiger partial charge in [0.05, 0.1) is 11.0 Å². The van der Waals surface area contributed by atoms with Gasteiger partial charge in [0.15, 0.2) is 13.2 Å². The molecule has 0 saturated heterocycles. The number of benzene rings is 1. The first-order valence-electron chi connectivity index (χ1n) is 9.03. The topological polar surface area (TPSA) is 111 Å². The zero-order valence-electron chi connectivity index (χ0n) is 17.5. The molecule has 19 heteroatoms. The van der Waals surface area contributed by atoms with Gasteiger partial charge in [-0.1, -0.05) is 0 Å². The summed E-state index contributed by atoms with van der Waals surface area (Å²) in [6.45, 7) is -3.77. The number of sulfone groups is 1. The molecule has 36 heavy (non-hydrogen) atoms. The van der Waals surface area contributed by atoms with E-state index in [4.69, 9.17) is 0 Å². The molecule has 0 bridgehead atoms. The second kappa shape index (κ2) is 10.2. The lowest BCUT2D eigenvalue weighted by atomic mass is 10.3. The SMILES string of the molecule is CN(C(=O)Nc1nc(OCC(F)(F)F)cc(OCC(F)(F)F)n1)c1ccc(S(=O)(=O)C(F)(F)F)cc1. The standard InChI is InChI=1S/C17H13F9N4O5S/c1-30(9-2-4-10(5-3-9)36(32,33)17(24,25)26)14(31)29-13-27-11(34-7-15(18,19)20)6-12(28-13)35-8-16(21,22)23/h2-6H,7-8H2,1H3,(H,27,28,29,31). The summed E-state index contributed by atoms with van der Waals surface area (Å²) in [5.41, 5.74) is -5.73. The van der Waals surface area contributed by atoms with Crippen molar-refractivity contribution in [2.75, 3.05) is 30.5 Å². The quantitative estimate of drug-likeness (QED) is 0.506. The average Bonchev–Trinajstić information content (AvgIpc) is 2.74. The third-order valence-corrected chi connectivity index (χ3v) is 5.31. The molecule has 2 amide bonds. The van der Waals surface area contributed by atoms with E-state index in [9.17, 15) is 52.7 Å². The fourth-order valence-corrected chi connectivity index (χ4v) is 2.96. The van der Waals surface area contributed by atoms with Gasteiger partial charge < -0.3 is 9.47 Å². The number of anilines is 2. The van der Waals surface area contributed by atoms with E-state index in [1.165, 1.54) is 0 Å². The van der Waals surface area contributed by atoms with Gasteiger partial charge in [-0.25, -0.2) is 13.2 Å². The smallest absolute Gasteiger partial charge is 0.468 e. The molecule has 0 aliphatic rings. The second-order valence-corrected chi connectivity index (χ2v) is 8.55. The van der Waals surface area contributed by atoms with Crippen LogP contribution in [0.5, 0.6) is 11.8 Å². The second-order valence-electron chi connectivity index (χ2n) is 6.61. The highest BCUT2D eigenvalue weighted by Gasteiger charge is 2.46. The maximum absolute atomic E-state index is 12.6. The van der Waals surface area contributed by atoms with E-state index in [1.807, 2.05) is 5.32 Å². The Morgan fingerprint density at radius 1 is 0.889 bits per heavy atom. The Labute approximate surface area is 195 Å². The van der Waals surface area contributed by atoms with Crippen molar-refractivity contribution in [2.24, 2.45) is 0 Å². The normalized spacial score (nSPS) is 12.7. The van der Waals surface area contributed by atoms with E-state index in [1.54, 1.807) is 0 Å². The Kier molecular flexibility index (Phi) is 8.16. The van der Waals surface area contributed by atoms with E-state index < -0.39 is 69.5 Å². The summed E-state index contributed by atoms with van der Waals surface area (Å²) >= 11 is 0. The summed E-state index contributed by atoms with van der Waals surface area (Å²) < 4.78 is 144. The van der Waals surface area contributed by atoms with Gasteiger partial charge in [-0.2, -0.15) is 49.5 Å². The lowest BCUT2D eigenvalue weighted by Gasteiger charge is -2.19. The highest BCUT2D eigenvalue weighted by atomic mass is 32.2. The van der Waals surface area contributed by atoms with Crippen LogP contribution in [-0.4, -0.2) is 62.5 Å². The first-order valence-corrected chi connectivity index (χ1v) is 10.5. The van der Waals surface area contributed by atoms with Crippen LogP contribution in [0.15, 0.2) is 35.2 Å². The number of ether oxygens (including phenoxy) is 2. The molecule has 200 valence electrons. The summed E-state index contributed by atoms with van der Waals surface area (Å²) in [6.07, 6.45) is -9.68. The molecule has 9 nitrogen and oxygen atoms in total. The van der Waals surface area contributed by atoms with Crippen molar-refractivity contribution in [3.8, 4) is 11.8 Å². The number of rotatable bonds is 7. The fraction of sp³-hybridized carbons (Fsp3) is 0.353. The van der Waals surface area contributed by atoms with Crippen LogP contribution in [0, 0.1) is 0 Å². The number of nitrogens with zero attached hydrogens (tertiary/aromatic N) is 3. The molecule has 0 radical (unpaired) electrons. The van der Waals surface area contributed by atoms with Crippen molar-refractivity contribution in [2.45, 2.75) is 22.8 Å². The van der Waals surface area contributed by atoms with Crippen LogP contribution in [0.1, 0.15) is 0 Å². The van der Waals surface area contributed by atoms with Gasteiger partial charge >= 0.3 is 23.9 Å². The van der Waals surface area contributed by atoms with Gasteiger partial charge in [-0.3, -0.25) is 10.2 Å². The van der Waals surface area contributed by atoms with Crippen LogP contribution in [0.4, 0.5) is 55.9 Å². The van der Waals surface area contributed by atoms with Crippen LogP contribution >= 0.6 is 0 Å². The largest absolute Gasteiger partial charge is 0.501 e. The summed E-state index contributed by atoms with van der Waals surface area (Å²) in [7, 11) is -4.61. The first kappa shape index (κ1) is 28.7. The number of hydrogen-bond donors (Lipinski definition) is 1. The molecule has 1 aromatic carbocycles. The van der Waals surface area contributed by atoms with Crippen LogP contribution in [0.3, 0.4) is 0 Å². The number of alkyl halides is 9. The van der Waals surface area contributed by atoms with Crippen molar-refractivity contribution >= 4 is 27.5 Å². The number of nitrogens with one attached hydrogen (secondary N) is 1. The first-order chi connectivity index (χ1) is 16.3. The number of halogens is 9. The van der Waals surface area contributed by atoms with Crippen LogP contribution in [0.2, 0.25) is 0 Å². The predicted octanol–water partition coefficient (Wildman–Crippen LogP) is 4.32. The van der Waals surface area contributed by atoms with E-state index in [0.29, 0.717) is 23.1 Å². The number of carbonyl (C=O) groups is 1. The van der Waals surface area contributed by atoms with Gasteiger partial charge in [0, 0.05) is 12.7 Å². The number of aromatic nitrogens is 2. The predicted molar refractivity (Wildman–Crippen MR) is 102 cm³/mol. The molecule has 0 spiro atoms. The van der Waals surface area contributed by atoms with Crippen LogP contribution in [-0.2, 0) is 9.84 Å². The molecule has 0 aliphatic carbocycles. The van der Waals surface area contributed by atoms with Crippen molar-refractivity contribution in [3.05, 3.63) is 30.3 Å². The fourth-order valence-electron chi connectivity index (χ4n) is 2.20. The Balaban J connectivity index is 2.24. The molecule has 1 N–H and O–H groups in total. The summed E-state index contributed by atoms with van der Waals surface area (Å²) in [5, 5.41) is 1.93. The minimum Gasteiger partial charge on any atom is -0.468 e. The number of carbonyl (C=O) groups excluding carboxylic acids is 1. The monoisotopic (exact) mass is 556 g/mol. The molecule has 0 unspecified atom stereocenters. The molecule has 1 aromatic heterocycles. The van der Waals surface area contributed by atoms with Crippen molar-refractivity contribution in [1.82, 2.24) is 9.97 Å². The van der Waals surface area contributed by atoms with Crippen molar-refractivity contribution in [3.63, 3.8) is 0 Å². The zero-order chi connectivity index (χ0) is 27.5. The van der Waals surface area contributed by atoms with E-state index >= 15 is 0 Å². The minimum atomic E-state index is -5.66. The van der Waals surface area contributed by atoms with E-state index in [0.717, 1.165) is 19.2 Å². The number of amides is 2. The van der Waals surface area contributed by atoms with E-state index in [-0.39, 0.29) is 5.69 Å². The summed E-state index contributed by atoms with van der Waals surface area (Å²) in [6, 6.07) is 2.13. The van der Waals surface area contributed by atoms with Crippen molar-refractivity contribution < 1.29 is 62.2 Å². The van der Waals surface area contributed by atoms with Gasteiger partial charge in [0.25, 0.3) is 9.84 Å². The molecule has 0 aliphatic heterocycles. The number of hydrogen-bond acceptors (Lipinski definition) is 7. The van der Waals surface area contributed by atoms with E-state index in [2.05, 4.69) is 19.4 Å². The van der Waals surface area contributed by atoms with Crippen molar-refractivity contribution in [1.29, 1.82) is 0 Å². The molecule has 2 rings (SSSR count). The highest BCUT2D eigenvalue weighted by molar-refractivity contribution is 7.92. The Hall–Kier alpha value is -3.51. The Bertz CT molecular complexity index is 1150. The lowest BCUT2D eigenvalue weighted by molar-refractivity contribution is -0.154. The van der Waals surface area contributed by atoms with Gasteiger partial charge in [-0.05, 0) is 24.3 Å². The molecule has 0 fully saturated rings. The molecular weight excluding hydrogens is 543 g/mol. The molecular formula is C17H13F9N4O5S. The summed E-state index contributed by atoms with van der Waals surface area (Å²) in [4.78, 5) is 18.8. The number of urea groups is 1. The Morgan fingerprint density at radius 3 is 1.72 bits per heavy atom. The highest BCUT2D eigenvalue weighted by Crippen LogP contribution is 2.31. The molecule has 1 heterocycles. The lowest BCUT2D eigenvalue weighted by Crippen LogP contribution is -2.32. The third kappa shape index (κ3) is 8.02. The third-order valence-electron chi connectivity index (χ3n) is 3.81. The molecule has 0 atom stereocenters. The maximum Gasteiger partial charge on any atom is 0.501 e. The van der Waals surface area contributed by atoms with Gasteiger partial charge in [0.2, 0.25) is 17.7 Å². The van der Waals surface area contributed by atoms with Crippen LogP contribution in [0.25, 0.3) is 0 Å². The molecule has 2 aromatic rings. The van der Waals surface area contributed by atoms with Gasteiger partial charge in [0.1, 0.15) is 0 Å². The van der Waals surface area contributed by atoms with Gasteiger partial charge in [-0.15, -0.1) is 0 Å². The average molecular weight is 556 g/mol.